The summed E-state index contributed by atoms with van der Waals surface area (Å²) in [6.45, 7) is 2.20. The van der Waals surface area contributed by atoms with Crippen LogP contribution >= 0.6 is 0 Å². The number of esters is 1. The summed E-state index contributed by atoms with van der Waals surface area (Å²) in [5, 5.41) is 7.56. The summed E-state index contributed by atoms with van der Waals surface area (Å²) in [5.41, 5.74) is 0.531. The molecule has 74 valence electrons. The van der Waals surface area contributed by atoms with Crippen LogP contribution in [0.25, 0.3) is 0 Å². The van der Waals surface area contributed by atoms with E-state index in [0.29, 0.717) is 18.2 Å². The Morgan fingerprint density at radius 1 is 1.54 bits per heavy atom. The smallest absolute Gasteiger partial charge is 0.311 e. The Morgan fingerprint density at radius 3 is 2.69 bits per heavy atom. The summed E-state index contributed by atoms with van der Waals surface area (Å²) in [7, 11) is 0. The average molecular weight is 183 g/mol. The minimum Gasteiger partial charge on any atom is -0.466 e. The molecule has 0 aliphatic heterocycles. The van der Waals surface area contributed by atoms with E-state index >= 15 is 0 Å². The first-order chi connectivity index (χ1) is 6.22. The van der Waals surface area contributed by atoms with Crippen LogP contribution in [0.3, 0.4) is 0 Å². The number of carbonyl (C=O) groups is 1. The highest BCUT2D eigenvalue weighted by Crippen LogP contribution is 2.29. The van der Waals surface area contributed by atoms with E-state index in [1.165, 1.54) is 19.3 Å². The summed E-state index contributed by atoms with van der Waals surface area (Å²) in [6.07, 6.45) is 4.72. The average Bonchev–Trinajstić information content (AvgIpc) is 1.97. The SMILES string of the molecule is CCOC(=O)CC(=N)CC1CCC1. The quantitative estimate of drug-likeness (QED) is 0.524. The second-order valence-corrected chi connectivity index (χ2v) is 3.59. The van der Waals surface area contributed by atoms with E-state index < -0.39 is 0 Å². The van der Waals surface area contributed by atoms with Crippen molar-refractivity contribution in [3.8, 4) is 0 Å². The molecular formula is C10H17NO2. The first-order valence-corrected chi connectivity index (χ1v) is 4.94. The lowest BCUT2D eigenvalue weighted by Gasteiger charge is -2.25. The Labute approximate surface area is 79.0 Å². The summed E-state index contributed by atoms with van der Waals surface area (Å²) in [6, 6.07) is 0. The van der Waals surface area contributed by atoms with Crippen molar-refractivity contribution in [2.45, 2.75) is 39.0 Å². The molecule has 0 unspecified atom stereocenters. The second-order valence-electron chi connectivity index (χ2n) is 3.59. The molecule has 1 N–H and O–H groups in total. The third-order valence-electron chi connectivity index (χ3n) is 2.42. The third kappa shape index (κ3) is 3.57. The maximum Gasteiger partial charge on any atom is 0.311 e. The van der Waals surface area contributed by atoms with Gasteiger partial charge in [0, 0.05) is 5.71 Å². The molecule has 0 atom stereocenters. The molecule has 0 radical (unpaired) electrons. The first kappa shape index (κ1) is 10.2. The summed E-state index contributed by atoms with van der Waals surface area (Å²) in [4.78, 5) is 11.0. The zero-order valence-electron chi connectivity index (χ0n) is 8.14. The topological polar surface area (TPSA) is 50.2 Å². The van der Waals surface area contributed by atoms with Crippen LogP contribution in [0.2, 0.25) is 0 Å². The molecule has 0 bridgehead atoms. The van der Waals surface area contributed by atoms with Crippen LogP contribution in [0.1, 0.15) is 39.0 Å². The van der Waals surface area contributed by atoms with Gasteiger partial charge in [-0.05, 0) is 19.3 Å². The van der Waals surface area contributed by atoms with Crippen molar-refractivity contribution in [2.75, 3.05) is 6.61 Å². The molecule has 0 spiro atoms. The maximum absolute atomic E-state index is 11.0. The first-order valence-electron chi connectivity index (χ1n) is 4.94. The van der Waals surface area contributed by atoms with Crippen LogP contribution in [-0.2, 0) is 9.53 Å². The van der Waals surface area contributed by atoms with Gasteiger partial charge in [0.2, 0.25) is 0 Å². The fourth-order valence-corrected chi connectivity index (χ4v) is 1.50. The molecule has 1 aliphatic carbocycles. The molecule has 0 saturated heterocycles. The molecule has 0 aromatic carbocycles. The van der Waals surface area contributed by atoms with Gasteiger partial charge in [-0.25, -0.2) is 0 Å². The van der Waals surface area contributed by atoms with E-state index in [4.69, 9.17) is 10.1 Å². The highest BCUT2D eigenvalue weighted by molar-refractivity contribution is 5.97. The Morgan fingerprint density at radius 2 is 2.23 bits per heavy atom. The van der Waals surface area contributed by atoms with Gasteiger partial charge in [-0.1, -0.05) is 19.3 Å². The van der Waals surface area contributed by atoms with Gasteiger partial charge in [-0.3, -0.25) is 4.79 Å². The van der Waals surface area contributed by atoms with Gasteiger partial charge >= 0.3 is 5.97 Å². The minimum atomic E-state index is -0.258. The molecule has 3 heteroatoms. The normalized spacial score (nSPS) is 16.4. The van der Waals surface area contributed by atoms with Crippen molar-refractivity contribution in [2.24, 2.45) is 5.92 Å². The minimum absolute atomic E-state index is 0.185. The van der Waals surface area contributed by atoms with Crippen LogP contribution in [0, 0.1) is 11.3 Å². The Kier molecular flexibility index (Phi) is 3.93. The van der Waals surface area contributed by atoms with E-state index in [1.54, 1.807) is 6.92 Å². The Balaban J connectivity index is 2.12. The molecule has 1 rings (SSSR count). The number of nitrogens with one attached hydrogen (secondary N) is 1. The fourth-order valence-electron chi connectivity index (χ4n) is 1.50. The van der Waals surface area contributed by atoms with Crippen molar-refractivity contribution in [3.63, 3.8) is 0 Å². The monoisotopic (exact) mass is 183 g/mol. The summed E-state index contributed by atoms with van der Waals surface area (Å²) >= 11 is 0. The summed E-state index contributed by atoms with van der Waals surface area (Å²) < 4.78 is 4.77. The van der Waals surface area contributed by atoms with Gasteiger partial charge < -0.3 is 10.1 Å². The number of rotatable bonds is 5. The van der Waals surface area contributed by atoms with Gasteiger partial charge in [-0.15, -0.1) is 0 Å². The van der Waals surface area contributed by atoms with Gasteiger partial charge in [0.1, 0.15) is 0 Å². The molecule has 1 fully saturated rings. The van der Waals surface area contributed by atoms with Crippen molar-refractivity contribution in [1.29, 1.82) is 5.41 Å². The summed E-state index contributed by atoms with van der Waals surface area (Å²) in [5.74, 6) is 0.411. The molecule has 0 heterocycles. The van der Waals surface area contributed by atoms with Crippen molar-refractivity contribution < 1.29 is 9.53 Å². The van der Waals surface area contributed by atoms with Gasteiger partial charge in [0.15, 0.2) is 0 Å². The van der Waals surface area contributed by atoms with E-state index in [2.05, 4.69) is 0 Å². The van der Waals surface area contributed by atoms with Crippen LogP contribution in [-0.4, -0.2) is 18.3 Å². The van der Waals surface area contributed by atoms with Crippen LogP contribution in [0.5, 0.6) is 0 Å². The number of hydrogen-bond donors (Lipinski definition) is 1. The van der Waals surface area contributed by atoms with E-state index in [9.17, 15) is 4.79 Å². The van der Waals surface area contributed by atoms with Crippen LogP contribution in [0.15, 0.2) is 0 Å². The molecular weight excluding hydrogens is 166 g/mol. The fraction of sp³-hybridized carbons (Fsp3) is 0.800. The lowest BCUT2D eigenvalue weighted by molar-refractivity contribution is -0.141. The highest BCUT2D eigenvalue weighted by Gasteiger charge is 2.20. The lowest BCUT2D eigenvalue weighted by Crippen LogP contribution is -2.18. The van der Waals surface area contributed by atoms with Gasteiger partial charge in [0.05, 0.1) is 13.0 Å². The largest absolute Gasteiger partial charge is 0.466 e. The molecule has 0 aromatic heterocycles. The van der Waals surface area contributed by atoms with E-state index in [0.717, 1.165) is 6.42 Å². The maximum atomic E-state index is 11.0. The zero-order chi connectivity index (χ0) is 9.68. The second kappa shape index (κ2) is 5.00. The molecule has 0 aromatic rings. The molecule has 0 amide bonds. The standard InChI is InChI=1S/C10H17NO2/c1-2-13-10(12)7-9(11)6-8-4-3-5-8/h8,11H,2-7H2,1H3. The Hall–Kier alpha value is -0.860. The number of hydrogen-bond acceptors (Lipinski definition) is 3. The zero-order valence-corrected chi connectivity index (χ0v) is 8.14. The molecule has 3 nitrogen and oxygen atoms in total. The van der Waals surface area contributed by atoms with Crippen LogP contribution < -0.4 is 0 Å². The van der Waals surface area contributed by atoms with Gasteiger partial charge in [0.25, 0.3) is 0 Å². The van der Waals surface area contributed by atoms with E-state index in [-0.39, 0.29) is 12.4 Å². The van der Waals surface area contributed by atoms with Crippen molar-refractivity contribution in [3.05, 3.63) is 0 Å². The van der Waals surface area contributed by atoms with Gasteiger partial charge in [-0.2, -0.15) is 0 Å². The number of ether oxygens (including phenoxy) is 1. The van der Waals surface area contributed by atoms with Crippen molar-refractivity contribution >= 4 is 11.7 Å². The number of carbonyl (C=O) groups excluding carboxylic acids is 1. The highest BCUT2D eigenvalue weighted by atomic mass is 16.5. The lowest BCUT2D eigenvalue weighted by atomic mass is 9.81. The molecule has 13 heavy (non-hydrogen) atoms. The predicted molar refractivity (Wildman–Crippen MR) is 50.9 cm³/mol. The molecule has 1 aliphatic rings. The van der Waals surface area contributed by atoms with Crippen molar-refractivity contribution in [1.82, 2.24) is 0 Å². The predicted octanol–water partition coefficient (Wildman–Crippen LogP) is 2.15. The molecule has 1 saturated carbocycles. The van der Waals surface area contributed by atoms with E-state index in [1.807, 2.05) is 0 Å². The third-order valence-corrected chi connectivity index (χ3v) is 2.42. The Bertz CT molecular complexity index is 197. The van der Waals surface area contributed by atoms with Crippen LogP contribution in [0.4, 0.5) is 0 Å².